The molecule has 1 aliphatic heterocycles. The van der Waals surface area contributed by atoms with Crippen LogP contribution in [0.5, 0.6) is 0 Å². The summed E-state index contributed by atoms with van der Waals surface area (Å²) in [5.74, 6) is -2.76. The van der Waals surface area contributed by atoms with E-state index in [2.05, 4.69) is 10.5 Å². The van der Waals surface area contributed by atoms with Crippen molar-refractivity contribution in [1.82, 2.24) is 4.90 Å². The van der Waals surface area contributed by atoms with Gasteiger partial charge in [-0.15, -0.1) is 4.91 Å². The molecule has 152 valence electrons. The Kier molecular flexibility index (Phi) is 5.32. The molecule has 0 fully saturated rings. The molecule has 9 heteroatoms. The zero-order valence-electron chi connectivity index (χ0n) is 16.0. The first-order valence-corrected chi connectivity index (χ1v) is 8.81. The highest BCUT2D eigenvalue weighted by molar-refractivity contribution is 5.98. The molecular formula is C20H19F2N3O4. The molecule has 0 saturated carbocycles. The van der Waals surface area contributed by atoms with Crippen molar-refractivity contribution >= 4 is 23.4 Å². The maximum Gasteiger partial charge on any atom is 0.411 e. The monoisotopic (exact) mass is 403 g/mol. The van der Waals surface area contributed by atoms with E-state index < -0.39 is 41.0 Å². The van der Waals surface area contributed by atoms with Crippen LogP contribution in [-0.2, 0) is 16.1 Å². The summed E-state index contributed by atoms with van der Waals surface area (Å²) in [6, 6.07) is 6.31. The van der Waals surface area contributed by atoms with Crippen molar-refractivity contribution in [2.75, 3.05) is 5.32 Å². The number of anilines is 1. The molecule has 0 unspecified atom stereocenters. The minimum absolute atomic E-state index is 0.0290. The van der Waals surface area contributed by atoms with Crippen LogP contribution in [0.4, 0.5) is 25.0 Å². The van der Waals surface area contributed by atoms with Gasteiger partial charge in [-0.2, -0.15) is 0 Å². The Morgan fingerprint density at radius 1 is 1.17 bits per heavy atom. The zero-order valence-corrected chi connectivity index (χ0v) is 16.0. The second-order valence-corrected chi connectivity index (χ2v) is 7.57. The molecule has 3 rings (SSSR count). The van der Waals surface area contributed by atoms with Crippen LogP contribution >= 0.6 is 0 Å². The summed E-state index contributed by atoms with van der Waals surface area (Å²) in [7, 11) is 0. The summed E-state index contributed by atoms with van der Waals surface area (Å²) in [5.41, 5.74) is -0.455. The first kappa shape index (κ1) is 20.4. The normalized spacial score (nSPS) is 15.6. The number of ether oxygens (including phenoxy) is 1. The van der Waals surface area contributed by atoms with E-state index >= 15 is 0 Å². The van der Waals surface area contributed by atoms with Gasteiger partial charge in [-0.25, -0.2) is 13.6 Å². The number of nitrogens with one attached hydrogen (secondary N) is 1. The van der Waals surface area contributed by atoms with E-state index in [0.717, 1.165) is 17.0 Å². The smallest absolute Gasteiger partial charge is 0.411 e. The number of carbonyl (C=O) groups is 2. The summed E-state index contributed by atoms with van der Waals surface area (Å²) in [4.78, 5) is 37.7. The van der Waals surface area contributed by atoms with Gasteiger partial charge in [0.1, 0.15) is 34.7 Å². The number of para-hydroxylation sites is 1. The van der Waals surface area contributed by atoms with E-state index in [9.17, 15) is 23.3 Å². The Bertz CT molecular complexity index is 968. The highest BCUT2D eigenvalue weighted by atomic mass is 19.1. The van der Waals surface area contributed by atoms with E-state index in [4.69, 9.17) is 4.74 Å². The molecule has 0 bridgehead atoms. The molecule has 1 heterocycles. The minimum atomic E-state index is -1.25. The standard InChI is InChI=1S/C20H19F2N3O4/c1-20(2,3)29-19(27)25-10-11-7-8-12(24-28)9-13(11)17(25)18(26)23-16-14(21)5-4-6-15(16)22/h4-9,17H,10H2,1-3H3,(H,23,26)/t17-/m0/s1. The predicted octanol–water partition coefficient (Wildman–Crippen LogP) is 4.79. The molecule has 1 N–H and O–H groups in total. The quantitative estimate of drug-likeness (QED) is 0.746. The van der Waals surface area contributed by atoms with Crippen LogP contribution in [0.15, 0.2) is 41.6 Å². The van der Waals surface area contributed by atoms with Crippen molar-refractivity contribution in [3.8, 4) is 0 Å². The average Bonchev–Trinajstić information content (AvgIpc) is 3.02. The summed E-state index contributed by atoms with van der Waals surface area (Å²) < 4.78 is 33.3. The van der Waals surface area contributed by atoms with E-state index in [1.807, 2.05) is 0 Å². The van der Waals surface area contributed by atoms with Crippen LogP contribution in [0.25, 0.3) is 0 Å². The first-order chi connectivity index (χ1) is 13.6. The molecule has 0 spiro atoms. The predicted molar refractivity (Wildman–Crippen MR) is 101 cm³/mol. The van der Waals surface area contributed by atoms with Crippen molar-refractivity contribution in [2.45, 2.75) is 39.0 Å². The number of rotatable bonds is 3. The molecule has 2 amide bonds. The summed E-state index contributed by atoms with van der Waals surface area (Å²) in [6.07, 6.45) is -0.775. The van der Waals surface area contributed by atoms with E-state index in [1.165, 1.54) is 18.2 Å². The summed E-state index contributed by atoms with van der Waals surface area (Å²) >= 11 is 0. The summed E-state index contributed by atoms with van der Waals surface area (Å²) in [6.45, 7) is 5.05. The van der Waals surface area contributed by atoms with Gasteiger partial charge in [-0.1, -0.05) is 12.1 Å². The van der Waals surface area contributed by atoms with Crippen molar-refractivity contribution in [3.05, 3.63) is 64.1 Å². The topological polar surface area (TPSA) is 88.1 Å². The highest BCUT2D eigenvalue weighted by Crippen LogP contribution is 2.38. The Hall–Kier alpha value is -3.36. The van der Waals surface area contributed by atoms with Crippen molar-refractivity contribution < 1.29 is 23.1 Å². The summed E-state index contributed by atoms with van der Waals surface area (Å²) in [5, 5.41) is 5.05. The van der Waals surface area contributed by atoms with Gasteiger partial charge < -0.3 is 10.1 Å². The van der Waals surface area contributed by atoms with Gasteiger partial charge in [0, 0.05) is 0 Å². The number of benzene rings is 2. The van der Waals surface area contributed by atoms with Crippen LogP contribution in [-0.4, -0.2) is 22.5 Å². The molecule has 0 aliphatic carbocycles. The Labute approximate surface area is 165 Å². The van der Waals surface area contributed by atoms with Gasteiger partial charge >= 0.3 is 6.09 Å². The molecule has 2 aromatic rings. The number of nitroso groups, excluding NO2 is 1. The van der Waals surface area contributed by atoms with E-state index in [0.29, 0.717) is 11.1 Å². The SMILES string of the molecule is CC(C)(C)OC(=O)N1Cc2ccc(N=O)cc2[C@H]1C(=O)Nc1c(F)cccc1F. The van der Waals surface area contributed by atoms with Gasteiger partial charge in [0.25, 0.3) is 5.91 Å². The number of hydrogen-bond acceptors (Lipinski definition) is 5. The number of nitrogens with zero attached hydrogens (tertiary/aromatic N) is 2. The Balaban J connectivity index is 1.99. The first-order valence-electron chi connectivity index (χ1n) is 8.81. The fraction of sp³-hybridized carbons (Fsp3) is 0.300. The molecule has 0 aromatic heterocycles. The van der Waals surface area contributed by atoms with Crippen molar-refractivity contribution in [3.63, 3.8) is 0 Å². The Morgan fingerprint density at radius 3 is 2.41 bits per heavy atom. The minimum Gasteiger partial charge on any atom is -0.444 e. The fourth-order valence-corrected chi connectivity index (χ4v) is 3.06. The van der Waals surface area contributed by atoms with Crippen molar-refractivity contribution in [1.29, 1.82) is 0 Å². The van der Waals surface area contributed by atoms with Gasteiger partial charge in [0.2, 0.25) is 0 Å². The van der Waals surface area contributed by atoms with Crippen molar-refractivity contribution in [2.24, 2.45) is 5.18 Å². The third-order valence-corrected chi connectivity index (χ3v) is 4.27. The van der Waals surface area contributed by atoms with Gasteiger partial charge in [0.05, 0.1) is 6.54 Å². The molecule has 29 heavy (non-hydrogen) atoms. The average molecular weight is 403 g/mol. The van der Waals surface area contributed by atoms with Crippen LogP contribution in [0.1, 0.15) is 37.9 Å². The van der Waals surface area contributed by atoms with Crippen LogP contribution in [0, 0.1) is 16.5 Å². The third-order valence-electron chi connectivity index (χ3n) is 4.27. The molecular weight excluding hydrogens is 384 g/mol. The van der Waals surface area contributed by atoms with Crippen LogP contribution in [0.3, 0.4) is 0 Å². The molecule has 0 radical (unpaired) electrons. The molecule has 1 atom stereocenters. The van der Waals surface area contributed by atoms with E-state index in [-0.39, 0.29) is 12.2 Å². The van der Waals surface area contributed by atoms with Gasteiger partial charge in [-0.05, 0) is 61.3 Å². The number of amides is 2. The second-order valence-electron chi connectivity index (χ2n) is 7.57. The maximum atomic E-state index is 14.0. The third kappa shape index (κ3) is 4.23. The zero-order chi connectivity index (χ0) is 21.3. The van der Waals surface area contributed by atoms with Crippen LogP contribution in [0.2, 0.25) is 0 Å². The lowest BCUT2D eigenvalue weighted by Crippen LogP contribution is -2.40. The lowest BCUT2D eigenvalue weighted by atomic mass is 10.0. The number of fused-ring (bicyclic) bond motifs is 1. The molecule has 2 aromatic carbocycles. The largest absolute Gasteiger partial charge is 0.444 e. The fourth-order valence-electron chi connectivity index (χ4n) is 3.06. The second kappa shape index (κ2) is 7.57. The van der Waals surface area contributed by atoms with Crippen LogP contribution < -0.4 is 5.32 Å². The number of carbonyl (C=O) groups excluding carboxylic acids is 2. The van der Waals surface area contributed by atoms with Gasteiger partial charge in [0.15, 0.2) is 0 Å². The molecule has 1 aliphatic rings. The highest BCUT2D eigenvalue weighted by Gasteiger charge is 2.41. The maximum absolute atomic E-state index is 14.0. The number of hydrogen-bond donors (Lipinski definition) is 1. The lowest BCUT2D eigenvalue weighted by Gasteiger charge is -2.28. The Morgan fingerprint density at radius 2 is 1.83 bits per heavy atom. The van der Waals surface area contributed by atoms with E-state index in [1.54, 1.807) is 26.8 Å². The number of halogens is 2. The van der Waals surface area contributed by atoms with Gasteiger partial charge in [-0.3, -0.25) is 9.69 Å². The lowest BCUT2D eigenvalue weighted by molar-refractivity contribution is -0.121. The molecule has 7 nitrogen and oxygen atoms in total. The molecule has 0 saturated heterocycles.